The summed E-state index contributed by atoms with van der Waals surface area (Å²) in [5.74, 6) is -2.99. The summed E-state index contributed by atoms with van der Waals surface area (Å²) in [4.78, 5) is 0. The maximum Gasteiger partial charge on any atom is 0.350 e. The van der Waals surface area contributed by atoms with Gasteiger partial charge in [0.15, 0.2) is 17.8 Å². The summed E-state index contributed by atoms with van der Waals surface area (Å²) in [5, 5.41) is 12.6. The molecule has 0 radical (unpaired) electrons. The predicted molar refractivity (Wildman–Crippen MR) is 124 cm³/mol. The minimum atomic E-state index is -3.82. The smallest absolute Gasteiger partial charge is 0.349 e. The molecule has 3 aliphatic heterocycles. The standard InChI is InChI=1S/C23H44NO9P/c1-13(2)20(34(26,31-14(3)4)32-15(5)6)24(25)19-18-23(11,33-22(9,10)30-18)17(28-19)16-12-27-21(7,8)29-16/h13-20,25H,12H2,1-11H3/t16-,17-,18-,19+,20+,23+/m1/s1. The van der Waals surface area contributed by atoms with E-state index in [1.165, 1.54) is 0 Å². The number of rotatable bonds is 9. The van der Waals surface area contributed by atoms with Crippen LogP contribution in [0.5, 0.6) is 0 Å². The minimum absolute atomic E-state index is 0.303. The van der Waals surface area contributed by atoms with Crippen molar-refractivity contribution in [2.45, 2.75) is 136 Å². The first-order chi connectivity index (χ1) is 15.4. The lowest BCUT2D eigenvalue weighted by Gasteiger charge is -2.39. The number of hydrogen-bond acceptors (Lipinski definition) is 10. The highest BCUT2D eigenvalue weighted by atomic mass is 31.2. The number of ether oxygens (including phenoxy) is 5. The van der Waals surface area contributed by atoms with E-state index < -0.39 is 55.1 Å². The van der Waals surface area contributed by atoms with Crippen molar-refractivity contribution in [1.29, 1.82) is 0 Å². The molecule has 3 rings (SSSR count). The molecule has 3 fully saturated rings. The van der Waals surface area contributed by atoms with Gasteiger partial charge in [-0.3, -0.25) is 4.57 Å². The summed E-state index contributed by atoms with van der Waals surface area (Å²) >= 11 is 0. The summed E-state index contributed by atoms with van der Waals surface area (Å²) in [6, 6.07) is 0. The molecule has 0 aromatic rings. The zero-order valence-corrected chi connectivity index (χ0v) is 23.3. The van der Waals surface area contributed by atoms with Gasteiger partial charge in [0, 0.05) is 0 Å². The van der Waals surface area contributed by atoms with Crippen LogP contribution in [0.15, 0.2) is 0 Å². The Bertz CT molecular complexity index is 760. The summed E-state index contributed by atoms with van der Waals surface area (Å²) in [7, 11) is -3.82. The van der Waals surface area contributed by atoms with E-state index >= 15 is 0 Å². The van der Waals surface area contributed by atoms with Gasteiger partial charge in [0.2, 0.25) is 0 Å². The zero-order valence-electron chi connectivity index (χ0n) is 22.4. The summed E-state index contributed by atoms with van der Waals surface area (Å²) in [6.07, 6.45) is -3.50. The van der Waals surface area contributed by atoms with E-state index in [0.717, 1.165) is 5.06 Å². The van der Waals surface area contributed by atoms with Crippen LogP contribution in [0.4, 0.5) is 0 Å². The topological polar surface area (TPSA) is 105 Å². The van der Waals surface area contributed by atoms with Gasteiger partial charge < -0.3 is 37.9 Å². The first kappa shape index (κ1) is 28.4. The fraction of sp³-hybridized carbons (Fsp3) is 1.00. The second-order valence-corrected chi connectivity index (χ2v) is 13.5. The SMILES string of the molecule is CC(C)OP(=O)(OC(C)C)[C@@H](C(C)C)N(O)[C@H]1O[C@H]([C@H]2COC(C)(C)O2)[C@]2(C)OC(C)(C)O[C@H]12. The van der Waals surface area contributed by atoms with Crippen LogP contribution in [0.2, 0.25) is 0 Å². The molecule has 0 amide bonds. The molecular weight excluding hydrogens is 465 g/mol. The molecule has 1 N–H and O–H groups in total. The molecule has 6 atom stereocenters. The summed E-state index contributed by atoms with van der Waals surface area (Å²) < 4.78 is 56.6. The van der Waals surface area contributed by atoms with E-state index in [9.17, 15) is 9.77 Å². The molecule has 11 heteroatoms. The molecule has 3 heterocycles. The molecule has 200 valence electrons. The molecule has 3 saturated heterocycles. The summed E-state index contributed by atoms with van der Waals surface area (Å²) in [6.45, 7) is 20.3. The second-order valence-electron chi connectivity index (χ2n) is 11.4. The lowest BCUT2D eigenvalue weighted by molar-refractivity contribution is -0.283. The van der Waals surface area contributed by atoms with Crippen molar-refractivity contribution in [3.63, 3.8) is 0 Å². The second kappa shape index (κ2) is 9.63. The van der Waals surface area contributed by atoms with Crippen molar-refractivity contribution in [1.82, 2.24) is 5.06 Å². The Balaban J connectivity index is 1.98. The first-order valence-electron chi connectivity index (χ1n) is 12.2. The molecule has 0 aromatic heterocycles. The van der Waals surface area contributed by atoms with Crippen molar-refractivity contribution in [2.75, 3.05) is 6.61 Å². The number of hydrogen-bond donors (Lipinski definition) is 1. The van der Waals surface area contributed by atoms with Crippen LogP contribution in [-0.4, -0.2) is 76.6 Å². The average Bonchev–Trinajstić information content (AvgIpc) is 3.17. The zero-order chi connectivity index (χ0) is 25.9. The highest BCUT2D eigenvalue weighted by Crippen LogP contribution is 2.60. The fourth-order valence-electron chi connectivity index (χ4n) is 5.18. The van der Waals surface area contributed by atoms with Gasteiger partial charge in [-0.2, -0.15) is 0 Å². The van der Waals surface area contributed by atoms with Gasteiger partial charge >= 0.3 is 7.60 Å². The quantitative estimate of drug-likeness (QED) is 0.353. The van der Waals surface area contributed by atoms with Crippen LogP contribution >= 0.6 is 7.60 Å². The van der Waals surface area contributed by atoms with Crippen LogP contribution in [0.1, 0.15) is 76.2 Å². The van der Waals surface area contributed by atoms with Crippen LogP contribution < -0.4 is 0 Å². The lowest BCUT2D eigenvalue weighted by atomic mass is 9.91. The molecule has 0 unspecified atom stereocenters. The largest absolute Gasteiger partial charge is 0.350 e. The Morgan fingerprint density at radius 3 is 1.91 bits per heavy atom. The van der Waals surface area contributed by atoms with Crippen molar-refractivity contribution < 1.29 is 42.5 Å². The van der Waals surface area contributed by atoms with Crippen molar-refractivity contribution in [2.24, 2.45) is 5.92 Å². The van der Waals surface area contributed by atoms with Gasteiger partial charge in [-0.05, 0) is 68.2 Å². The summed E-state index contributed by atoms with van der Waals surface area (Å²) in [5.41, 5.74) is -0.951. The third-order valence-corrected chi connectivity index (χ3v) is 9.00. The monoisotopic (exact) mass is 509 g/mol. The number of hydroxylamine groups is 2. The van der Waals surface area contributed by atoms with Gasteiger partial charge in [0.1, 0.15) is 29.7 Å². The van der Waals surface area contributed by atoms with E-state index in [-0.39, 0.29) is 18.1 Å². The third kappa shape index (κ3) is 5.57. The van der Waals surface area contributed by atoms with E-state index in [1.54, 1.807) is 27.7 Å². The number of nitrogens with zero attached hydrogens (tertiary/aromatic N) is 1. The van der Waals surface area contributed by atoms with Gasteiger partial charge in [0.05, 0.1) is 18.8 Å². The highest BCUT2D eigenvalue weighted by molar-refractivity contribution is 7.54. The number of fused-ring (bicyclic) bond motifs is 1. The Hall–Kier alpha value is -0.130. The Kier molecular flexibility index (Phi) is 8.06. The molecule has 0 bridgehead atoms. The molecule has 0 aromatic carbocycles. The minimum Gasteiger partial charge on any atom is -0.349 e. The molecule has 0 aliphatic carbocycles. The van der Waals surface area contributed by atoms with Gasteiger partial charge in [0.25, 0.3) is 0 Å². The maximum atomic E-state index is 14.1. The van der Waals surface area contributed by atoms with Crippen LogP contribution in [-0.2, 0) is 37.3 Å². The Labute approximate surface area is 204 Å². The van der Waals surface area contributed by atoms with Gasteiger partial charge in [-0.15, -0.1) is 5.06 Å². The highest BCUT2D eigenvalue weighted by Gasteiger charge is 2.68. The van der Waals surface area contributed by atoms with E-state index in [2.05, 4.69) is 0 Å². The van der Waals surface area contributed by atoms with Crippen molar-refractivity contribution in [3.8, 4) is 0 Å². The Morgan fingerprint density at radius 1 is 0.912 bits per heavy atom. The average molecular weight is 510 g/mol. The van der Waals surface area contributed by atoms with Crippen molar-refractivity contribution in [3.05, 3.63) is 0 Å². The molecule has 0 saturated carbocycles. The van der Waals surface area contributed by atoms with E-state index in [4.69, 9.17) is 32.7 Å². The normalized spacial score (nSPS) is 36.2. The van der Waals surface area contributed by atoms with E-state index in [0.29, 0.717) is 6.61 Å². The fourth-order valence-corrected chi connectivity index (χ4v) is 7.80. The van der Waals surface area contributed by atoms with Crippen molar-refractivity contribution >= 4 is 7.60 Å². The van der Waals surface area contributed by atoms with Crippen LogP contribution in [0, 0.1) is 5.92 Å². The van der Waals surface area contributed by atoms with E-state index in [1.807, 2.05) is 48.5 Å². The molecule has 34 heavy (non-hydrogen) atoms. The lowest BCUT2D eigenvalue weighted by Crippen LogP contribution is -2.52. The molecule has 10 nitrogen and oxygen atoms in total. The predicted octanol–water partition coefficient (Wildman–Crippen LogP) is 4.49. The Morgan fingerprint density at radius 2 is 1.47 bits per heavy atom. The van der Waals surface area contributed by atoms with Crippen LogP contribution in [0.25, 0.3) is 0 Å². The maximum absolute atomic E-state index is 14.1. The molecule has 3 aliphatic rings. The molecule has 0 spiro atoms. The van der Waals surface area contributed by atoms with Gasteiger partial charge in [-0.25, -0.2) is 0 Å². The van der Waals surface area contributed by atoms with Gasteiger partial charge in [-0.1, -0.05) is 13.8 Å². The third-order valence-electron chi connectivity index (χ3n) is 6.09. The molecular formula is C23H44NO9P. The van der Waals surface area contributed by atoms with Crippen LogP contribution in [0.3, 0.4) is 0 Å². The first-order valence-corrected chi connectivity index (χ1v) is 13.8.